The third-order valence-corrected chi connectivity index (χ3v) is 4.20. The molecular weight excluding hydrogens is 268 g/mol. The van der Waals surface area contributed by atoms with Crippen molar-refractivity contribution in [2.45, 2.75) is 53.5 Å². The first-order chi connectivity index (χ1) is 10.0. The highest BCUT2D eigenvalue weighted by Crippen LogP contribution is 2.32. The maximum atomic E-state index is 5.76. The zero-order valence-electron chi connectivity index (χ0n) is 15.2. The molecule has 2 nitrogen and oxygen atoms in total. The van der Waals surface area contributed by atoms with E-state index in [0.717, 1.165) is 29.6 Å². The maximum absolute atomic E-state index is 5.76. The Morgan fingerprint density at radius 1 is 1.18 bits per heavy atom. The molecule has 0 rings (SSSR count). The van der Waals surface area contributed by atoms with Gasteiger partial charge in [0.25, 0.3) is 0 Å². The minimum Gasteiger partial charge on any atom is -0.327 e. The van der Waals surface area contributed by atoms with E-state index < -0.39 is 0 Å². The monoisotopic (exact) mass is 302 g/mol. The van der Waals surface area contributed by atoms with E-state index in [9.17, 15) is 0 Å². The van der Waals surface area contributed by atoms with Gasteiger partial charge in [-0.2, -0.15) is 0 Å². The standard InChI is InChI=1S/C20H34N2/c1-14(2)10-11-18(19(22-9)16(4)13-21)15(3)12-17(5)20(6,7)8/h12,18-19H,1,3-4,9-11,13,21H2,2,5-8H3/b17-12+. The van der Waals surface area contributed by atoms with Gasteiger partial charge in [-0.3, -0.25) is 4.99 Å². The van der Waals surface area contributed by atoms with Crippen molar-refractivity contribution >= 4 is 6.72 Å². The lowest BCUT2D eigenvalue weighted by Crippen LogP contribution is -2.26. The zero-order chi connectivity index (χ0) is 17.5. The summed E-state index contributed by atoms with van der Waals surface area (Å²) in [4.78, 5) is 4.28. The van der Waals surface area contributed by atoms with E-state index in [1.165, 1.54) is 5.57 Å². The highest BCUT2D eigenvalue weighted by molar-refractivity contribution is 5.33. The van der Waals surface area contributed by atoms with Crippen molar-refractivity contribution in [3.8, 4) is 0 Å². The Labute approximate surface area is 137 Å². The molecule has 0 aromatic heterocycles. The van der Waals surface area contributed by atoms with Crippen molar-refractivity contribution in [1.29, 1.82) is 0 Å². The summed E-state index contributed by atoms with van der Waals surface area (Å²) in [7, 11) is 0. The molecule has 0 saturated carbocycles. The molecule has 0 spiro atoms. The molecule has 2 unspecified atom stereocenters. The van der Waals surface area contributed by atoms with Gasteiger partial charge in [0.2, 0.25) is 0 Å². The third-order valence-electron chi connectivity index (χ3n) is 4.20. The fourth-order valence-corrected chi connectivity index (χ4v) is 2.21. The van der Waals surface area contributed by atoms with Gasteiger partial charge >= 0.3 is 0 Å². The molecule has 2 N–H and O–H groups in total. The lowest BCUT2D eigenvalue weighted by molar-refractivity contribution is 0.485. The number of nitrogens with zero attached hydrogens (tertiary/aromatic N) is 1. The summed E-state index contributed by atoms with van der Waals surface area (Å²) >= 11 is 0. The van der Waals surface area contributed by atoms with Crippen LogP contribution in [0.3, 0.4) is 0 Å². The summed E-state index contributed by atoms with van der Waals surface area (Å²) in [5.41, 5.74) is 10.3. The van der Waals surface area contributed by atoms with Crippen molar-refractivity contribution in [3.63, 3.8) is 0 Å². The summed E-state index contributed by atoms with van der Waals surface area (Å²) in [6.45, 7) is 27.3. The molecule has 0 aromatic carbocycles. The van der Waals surface area contributed by atoms with Gasteiger partial charge in [0.1, 0.15) is 0 Å². The normalized spacial score (nSPS) is 15.1. The average Bonchev–Trinajstić information content (AvgIpc) is 2.40. The number of hydrogen-bond acceptors (Lipinski definition) is 2. The van der Waals surface area contributed by atoms with Gasteiger partial charge in [-0.25, -0.2) is 0 Å². The van der Waals surface area contributed by atoms with Crippen molar-refractivity contribution in [2.24, 2.45) is 22.1 Å². The highest BCUT2D eigenvalue weighted by atomic mass is 14.8. The van der Waals surface area contributed by atoms with Crippen LogP contribution in [0.2, 0.25) is 0 Å². The van der Waals surface area contributed by atoms with Gasteiger partial charge in [0.05, 0.1) is 6.04 Å². The molecular formula is C20H34N2. The van der Waals surface area contributed by atoms with Gasteiger partial charge in [-0.05, 0) is 50.0 Å². The smallest absolute Gasteiger partial charge is 0.0779 e. The molecule has 2 atom stereocenters. The molecule has 0 fully saturated rings. The first-order valence-electron chi connectivity index (χ1n) is 7.90. The van der Waals surface area contributed by atoms with Crippen molar-refractivity contribution < 1.29 is 0 Å². The first-order valence-corrected chi connectivity index (χ1v) is 7.90. The van der Waals surface area contributed by atoms with Crippen LogP contribution < -0.4 is 5.73 Å². The summed E-state index contributed by atoms with van der Waals surface area (Å²) in [6.07, 6.45) is 4.06. The van der Waals surface area contributed by atoms with Crippen LogP contribution in [-0.2, 0) is 0 Å². The lowest BCUT2D eigenvalue weighted by atomic mass is 9.80. The van der Waals surface area contributed by atoms with Crippen LogP contribution in [0.4, 0.5) is 0 Å². The third kappa shape index (κ3) is 6.57. The van der Waals surface area contributed by atoms with E-state index in [1.807, 2.05) is 6.92 Å². The van der Waals surface area contributed by atoms with Gasteiger partial charge in [0.15, 0.2) is 0 Å². The fourth-order valence-electron chi connectivity index (χ4n) is 2.21. The minimum absolute atomic E-state index is 0.0825. The lowest BCUT2D eigenvalue weighted by Gasteiger charge is -2.28. The van der Waals surface area contributed by atoms with Crippen LogP contribution in [0.5, 0.6) is 0 Å². The molecule has 2 heteroatoms. The van der Waals surface area contributed by atoms with Crippen LogP contribution >= 0.6 is 0 Å². The largest absolute Gasteiger partial charge is 0.327 e. The Hall–Kier alpha value is -1.41. The van der Waals surface area contributed by atoms with Crippen LogP contribution in [-0.4, -0.2) is 19.3 Å². The van der Waals surface area contributed by atoms with Crippen LogP contribution in [0.25, 0.3) is 0 Å². The number of aliphatic imine (C=N–C) groups is 1. The van der Waals surface area contributed by atoms with E-state index in [2.05, 4.69) is 65.2 Å². The predicted molar refractivity (Wildman–Crippen MR) is 101 cm³/mol. The molecule has 0 bridgehead atoms. The van der Waals surface area contributed by atoms with Gasteiger partial charge in [-0.1, -0.05) is 51.2 Å². The molecule has 0 aliphatic heterocycles. The second-order valence-electron chi connectivity index (χ2n) is 7.24. The zero-order valence-corrected chi connectivity index (χ0v) is 15.2. The molecule has 0 radical (unpaired) electrons. The Morgan fingerprint density at radius 3 is 2.09 bits per heavy atom. The van der Waals surface area contributed by atoms with E-state index >= 15 is 0 Å². The Morgan fingerprint density at radius 2 is 1.73 bits per heavy atom. The number of hydrogen-bond donors (Lipinski definition) is 1. The SMILES string of the molecule is C=NC(C(=C)CN)C(CCC(=C)C)C(=C)/C=C(\C)C(C)(C)C. The number of nitrogens with two attached hydrogens (primary N) is 1. The van der Waals surface area contributed by atoms with E-state index in [-0.39, 0.29) is 17.4 Å². The molecule has 0 heterocycles. The molecule has 22 heavy (non-hydrogen) atoms. The van der Waals surface area contributed by atoms with Crippen LogP contribution in [0.15, 0.2) is 53.1 Å². The minimum atomic E-state index is -0.0825. The van der Waals surface area contributed by atoms with Crippen molar-refractivity contribution in [3.05, 3.63) is 48.1 Å². The van der Waals surface area contributed by atoms with Crippen molar-refractivity contribution in [1.82, 2.24) is 0 Å². The second-order valence-corrected chi connectivity index (χ2v) is 7.24. The Bertz CT molecular complexity index is 461. The quantitative estimate of drug-likeness (QED) is 0.359. The topological polar surface area (TPSA) is 38.4 Å². The first kappa shape index (κ1) is 20.6. The van der Waals surface area contributed by atoms with E-state index in [1.54, 1.807) is 0 Å². The molecule has 0 amide bonds. The molecule has 124 valence electrons. The maximum Gasteiger partial charge on any atom is 0.0779 e. The summed E-state index contributed by atoms with van der Waals surface area (Å²) < 4.78 is 0. The molecule has 0 aliphatic rings. The highest BCUT2D eigenvalue weighted by Gasteiger charge is 2.24. The van der Waals surface area contributed by atoms with Gasteiger partial charge in [-0.15, -0.1) is 6.58 Å². The predicted octanol–water partition coefficient (Wildman–Crippen LogP) is 5.09. The molecule has 0 aromatic rings. The Kier molecular flexibility index (Phi) is 8.32. The van der Waals surface area contributed by atoms with Gasteiger partial charge in [0, 0.05) is 12.5 Å². The Balaban J connectivity index is 5.47. The summed E-state index contributed by atoms with van der Waals surface area (Å²) in [5.74, 6) is 0.169. The second kappa shape index (κ2) is 8.89. The number of rotatable bonds is 9. The van der Waals surface area contributed by atoms with Crippen LogP contribution in [0.1, 0.15) is 47.5 Å². The van der Waals surface area contributed by atoms with Gasteiger partial charge < -0.3 is 5.73 Å². The molecule has 0 aliphatic carbocycles. The fraction of sp³-hybridized carbons (Fsp3) is 0.550. The number of allylic oxidation sites excluding steroid dienone is 3. The van der Waals surface area contributed by atoms with E-state index in [0.29, 0.717) is 6.54 Å². The molecule has 0 saturated heterocycles. The summed E-state index contributed by atoms with van der Waals surface area (Å²) in [6, 6.07) is -0.0825. The average molecular weight is 303 g/mol. The summed E-state index contributed by atoms with van der Waals surface area (Å²) in [5, 5.41) is 0. The van der Waals surface area contributed by atoms with E-state index in [4.69, 9.17) is 5.73 Å². The van der Waals surface area contributed by atoms with Crippen molar-refractivity contribution in [2.75, 3.05) is 6.54 Å². The van der Waals surface area contributed by atoms with Crippen LogP contribution in [0, 0.1) is 11.3 Å².